The molecule has 8 bridgehead atoms. The number of halogens is 3. The Hall–Kier alpha value is -4.25. The molecule has 0 aromatic rings. The zero-order valence-electron chi connectivity index (χ0n) is 26.7. The molecule has 0 unspecified atom stereocenters. The average molecular weight is 635 g/mol. The smallest absolute Gasteiger partial charge is 0.422 e. The summed E-state index contributed by atoms with van der Waals surface area (Å²) in [5.41, 5.74) is 11.6. The predicted molar refractivity (Wildman–Crippen MR) is 170 cm³/mol. The molecule has 5 aliphatic heterocycles. The van der Waals surface area contributed by atoms with Gasteiger partial charge in [0.25, 0.3) is 0 Å². The summed E-state index contributed by atoms with van der Waals surface area (Å²) in [6, 6.07) is 0. The van der Waals surface area contributed by atoms with Crippen LogP contribution in [0.25, 0.3) is 0 Å². The van der Waals surface area contributed by atoms with Gasteiger partial charge in [-0.2, -0.15) is 13.2 Å². The van der Waals surface area contributed by atoms with Crippen LogP contribution in [-0.2, 0) is 9.53 Å². The van der Waals surface area contributed by atoms with Gasteiger partial charge < -0.3 is 20.3 Å². The average Bonchev–Trinajstić information content (AvgIpc) is 3.73. The van der Waals surface area contributed by atoms with E-state index in [0.29, 0.717) is 34.0 Å². The largest absolute Gasteiger partial charge is 0.511 e. The molecule has 46 heavy (non-hydrogen) atoms. The van der Waals surface area contributed by atoms with Gasteiger partial charge >= 0.3 is 12.1 Å². The number of aliphatic imine (C=N–C) groups is 3. The summed E-state index contributed by atoms with van der Waals surface area (Å²) in [5.74, 6) is -1.23. The molecule has 0 radical (unpaired) electrons. The first-order chi connectivity index (χ1) is 21.7. The van der Waals surface area contributed by atoms with Gasteiger partial charge in [0.05, 0.1) is 40.3 Å². The van der Waals surface area contributed by atoms with E-state index in [0.717, 1.165) is 57.1 Å². The maximum atomic E-state index is 12.7. The highest BCUT2D eigenvalue weighted by Gasteiger charge is 2.41. The molecule has 0 aromatic carbocycles. The first-order valence-electron chi connectivity index (χ1n) is 15.6. The third kappa shape index (κ3) is 5.44. The molecule has 0 saturated carbocycles. The molecule has 1 fully saturated rings. The topological polar surface area (TPSA) is 116 Å². The number of aliphatic hydroxyl groups excluding tert-OH is 2. The number of rotatable bonds is 6. The molecule has 3 N–H and O–H groups in total. The van der Waals surface area contributed by atoms with E-state index in [-0.39, 0.29) is 36.9 Å². The first kappa shape index (κ1) is 31.7. The summed E-state index contributed by atoms with van der Waals surface area (Å²) < 4.78 is 42.6. The molecule has 0 aromatic heterocycles. The van der Waals surface area contributed by atoms with Crippen LogP contribution in [0, 0.1) is 11.8 Å². The van der Waals surface area contributed by atoms with Gasteiger partial charge in [-0.05, 0) is 81.1 Å². The first-order valence-corrected chi connectivity index (χ1v) is 15.6. The molecule has 5 heterocycles. The fourth-order valence-corrected chi connectivity index (χ4v) is 7.16. The Morgan fingerprint density at radius 1 is 1.07 bits per heavy atom. The van der Waals surface area contributed by atoms with Crippen molar-refractivity contribution in [1.29, 1.82) is 0 Å². The van der Waals surface area contributed by atoms with Crippen molar-refractivity contribution in [2.24, 2.45) is 26.8 Å². The number of alkyl halides is 3. The summed E-state index contributed by atoms with van der Waals surface area (Å²) in [6.45, 7) is 9.99. The van der Waals surface area contributed by atoms with E-state index in [4.69, 9.17) is 15.0 Å². The summed E-state index contributed by atoms with van der Waals surface area (Å²) in [5, 5.41) is 25.5. The van der Waals surface area contributed by atoms with Gasteiger partial charge in [-0.15, -0.1) is 0 Å². The number of fused-ring (bicyclic) bond motifs is 5. The quantitative estimate of drug-likeness (QED) is 0.274. The third-order valence-electron chi connectivity index (χ3n) is 9.57. The highest BCUT2D eigenvalue weighted by molar-refractivity contribution is 6.21. The van der Waals surface area contributed by atoms with E-state index in [1.165, 1.54) is 0 Å². The number of nitrogens with zero attached hydrogens (tertiary/aromatic N) is 3. The molecule has 0 amide bonds. The number of hydrogen-bond acceptors (Lipinski definition) is 8. The van der Waals surface area contributed by atoms with E-state index in [2.05, 4.69) is 17.0 Å². The van der Waals surface area contributed by atoms with E-state index in [1.54, 1.807) is 6.92 Å². The van der Waals surface area contributed by atoms with Crippen molar-refractivity contribution >= 4 is 23.1 Å². The van der Waals surface area contributed by atoms with Crippen LogP contribution >= 0.6 is 0 Å². The van der Waals surface area contributed by atoms with Crippen molar-refractivity contribution in [3.63, 3.8) is 0 Å². The van der Waals surface area contributed by atoms with Crippen molar-refractivity contribution < 1.29 is 32.9 Å². The highest BCUT2D eigenvalue weighted by atomic mass is 19.4. The third-order valence-corrected chi connectivity index (χ3v) is 9.57. The van der Waals surface area contributed by atoms with Crippen LogP contribution in [0.4, 0.5) is 13.2 Å². The van der Waals surface area contributed by atoms with Crippen LogP contribution in [0.1, 0.15) is 67.2 Å². The Balaban J connectivity index is 1.51. The Labute approximate surface area is 265 Å². The lowest BCUT2D eigenvalue weighted by Gasteiger charge is -2.18. The normalized spacial score (nSPS) is 24.7. The molecular weight excluding hydrogens is 597 g/mol. The van der Waals surface area contributed by atoms with Crippen molar-refractivity contribution in [2.45, 2.75) is 79.5 Å². The second-order valence-corrected chi connectivity index (χ2v) is 12.5. The van der Waals surface area contributed by atoms with Gasteiger partial charge in [0.2, 0.25) is 0 Å². The van der Waals surface area contributed by atoms with Crippen LogP contribution in [0.2, 0.25) is 0 Å². The Morgan fingerprint density at radius 3 is 2.43 bits per heavy atom. The molecule has 6 aliphatic rings. The molecule has 0 spiro atoms. The van der Waals surface area contributed by atoms with Gasteiger partial charge in [0.1, 0.15) is 5.76 Å². The van der Waals surface area contributed by atoms with Crippen LogP contribution in [-0.4, -0.2) is 52.2 Å². The summed E-state index contributed by atoms with van der Waals surface area (Å²) in [4.78, 5) is 27.3. The standard InChI is InChI=1S/C35H37F3N4O4/c1-7-20-15(2)23-13-28-31(19(6)43)17(4)25(40-28)11-24-16(3)21(8-9-30(45)46-14-35(36,37)38)33(41-24)22-10-29(44)32-18(5)26(42-34(22)32)12-27(20)39-23/h11-13,16,19,21,41,43-44H,7-10,14H2,1-6H3/t16-,19+,21-/m0/s1. The van der Waals surface area contributed by atoms with Crippen LogP contribution in [0.15, 0.2) is 106 Å². The minimum Gasteiger partial charge on any atom is -0.511 e. The van der Waals surface area contributed by atoms with Gasteiger partial charge in [-0.3, -0.25) is 4.79 Å². The Morgan fingerprint density at radius 2 is 1.76 bits per heavy atom. The number of ether oxygens (including phenoxy) is 1. The number of aliphatic hydroxyl groups is 2. The number of allylic oxidation sites excluding steroid dienone is 11. The van der Waals surface area contributed by atoms with E-state index < -0.39 is 24.9 Å². The lowest BCUT2D eigenvalue weighted by Crippen LogP contribution is -2.21. The molecule has 3 atom stereocenters. The summed E-state index contributed by atoms with van der Waals surface area (Å²) in [6.07, 6.45) is 1.36. The minimum atomic E-state index is -4.60. The second-order valence-electron chi connectivity index (χ2n) is 12.5. The van der Waals surface area contributed by atoms with Gasteiger partial charge in [-0.25, -0.2) is 15.0 Å². The molecule has 1 aliphatic carbocycles. The fraction of sp³-hybridized carbons (Fsp3) is 0.429. The zero-order valence-corrected chi connectivity index (χ0v) is 26.7. The fourth-order valence-electron chi connectivity index (χ4n) is 7.16. The molecule has 1 saturated heterocycles. The van der Waals surface area contributed by atoms with Crippen LogP contribution < -0.4 is 5.32 Å². The molecule has 11 heteroatoms. The van der Waals surface area contributed by atoms with E-state index >= 15 is 0 Å². The minimum absolute atomic E-state index is 0.186. The predicted octanol–water partition coefficient (Wildman–Crippen LogP) is 6.92. The SMILES string of the molecule is CCC1=C(C)C2=NC1=CC1=C(C)C3=C(O)CC(=C4NC(=CC5=NC(=C2)C([C@@H](C)O)=C5C)[C@@H](C)[C@@H]4CCC(=O)OCC(F)(F)F)C3=N1. The van der Waals surface area contributed by atoms with Crippen molar-refractivity contribution in [3.8, 4) is 0 Å². The van der Waals surface area contributed by atoms with Gasteiger partial charge in [0.15, 0.2) is 6.61 Å². The van der Waals surface area contributed by atoms with E-state index in [9.17, 15) is 28.2 Å². The molecule has 8 nitrogen and oxygen atoms in total. The number of nitrogens with one attached hydrogen (secondary N) is 1. The summed E-state index contributed by atoms with van der Waals surface area (Å²) >= 11 is 0. The monoisotopic (exact) mass is 634 g/mol. The number of carbonyl (C=O) groups excluding carboxylic acids is 1. The lowest BCUT2D eigenvalue weighted by atomic mass is 9.86. The maximum Gasteiger partial charge on any atom is 0.422 e. The van der Waals surface area contributed by atoms with Crippen LogP contribution in [0.5, 0.6) is 0 Å². The lowest BCUT2D eigenvalue weighted by molar-refractivity contribution is -0.186. The summed E-state index contributed by atoms with van der Waals surface area (Å²) in [7, 11) is 0. The Kier molecular flexibility index (Phi) is 7.95. The zero-order chi connectivity index (χ0) is 33.2. The number of hydrogen-bond donors (Lipinski definition) is 3. The van der Waals surface area contributed by atoms with Crippen molar-refractivity contribution in [3.05, 3.63) is 91.5 Å². The number of carbonyl (C=O) groups is 1. The van der Waals surface area contributed by atoms with Crippen molar-refractivity contribution in [1.82, 2.24) is 5.32 Å². The number of esters is 1. The maximum absolute atomic E-state index is 12.7. The van der Waals surface area contributed by atoms with Crippen LogP contribution in [0.3, 0.4) is 0 Å². The molecule has 242 valence electrons. The molecular formula is C35H37F3N4O4. The Bertz CT molecular complexity index is 1810. The van der Waals surface area contributed by atoms with Crippen molar-refractivity contribution in [2.75, 3.05) is 6.61 Å². The molecule has 6 rings (SSSR count). The second kappa shape index (κ2) is 11.5. The highest BCUT2D eigenvalue weighted by Crippen LogP contribution is 2.46. The van der Waals surface area contributed by atoms with Gasteiger partial charge in [-0.1, -0.05) is 13.8 Å². The van der Waals surface area contributed by atoms with E-state index in [1.807, 2.05) is 45.9 Å². The van der Waals surface area contributed by atoms with Gasteiger partial charge in [0, 0.05) is 52.8 Å².